The molecule has 0 fully saturated rings. The van der Waals surface area contributed by atoms with Crippen LogP contribution in [0.1, 0.15) is 32.5 Å². The zero-order chi connectivity index (χ0) is 23.1. The van der Waals surface area contributed by atoms with E-state index in [-0.39, 0.29) is 30.5 Å². The van der Waals surface area contributed by atoms with Gasteiger partial charge in [0.2, 0.25) is 0 Å². The lowest BCUT2D eigenvalue weighted by Gasteiger charge is -2.14. The molecule has 3 heterocycles. The number of ether oxygens (including phenoxy) is 1. The van der Waals surface area contributed by atoms with E-state index in [9.17, 15) is 14.4 Å². The van der Waals surface area contributed by atoms with Crippen molar-refractivity contribution in [3.8, 4) is 16.9 Å². The Morgan fingerprint density at radius 3 is 2.24 bits per heavy atom. The molecule has 8 heteroatoms. The monoisotopic (exact) mass is 459 g/mol. The summed E-state index contributed by atoms with van der Waals surface area (Å²) in [4.78, 5) is 46.0. The van der Waals surface area contributed by atoms with Gasteiger partial charge in [0.25, 0.3) is 17.4 Å². The van der Waals surface area contributed by atoms with Crippen LogP contribution in [0.5, 0.6) is 5.75 Å². The minimum Gasteiger partial charge on any atom is -0.494 e. The maximum Gasteiger partial charge on any atom is 0.262 e. The number of carbonyl (C=O) groups is 2. The van der Waals surface area contributed by atoms with Crippen LogP contribution in [0.3, 0.4) is 0 Å². The quantitative estimate of drug-likeness (QED) is 0.405. The number of rotatable bonds is 6. The number of aryl methyl sites for hydroxylation is 1. The normalized spacial score (nSPS) is 13.1. The summed E-state index contributed by atoms with van der Waals surface area (Å²) in [7, 11) is 0. The Hall–Kier alpha value is -3.78. The number of fused-ring (bicyclic) bond motifs is 2. The van der Waals surface area contributed by atoms with Crippen LogP contribution >= 0.6 is 11.3 Å². The van der Waals surface area contributed by atoms with E-state index in [0.717, 1.165) is 21.8 Å². The molecule has 0 spiro atoms. The average molecular weight is 460 g/mol. The molecule has 0 aliphatic carbocycles. The highest BCUT2D eigenvalue weighted by atomic mass is 32.1. The number of benzene rings is 2. The van der Waals surface area contributed by atoms with Crippen LogP contribution in [0.15, 0.2) is 59.7 Å². The lowest BCUT2D eigenvalue weighted by molar-refractivity contribution is 0.0648. The van der Waals surface area contributed by atoms with Gasteiger partial charge in [0, 0.05) is 23.5 Å². The molecule has 33 heavy (non-hydrogen) atoms. The Morgan fingerprint density at radius 1 is 0.939 bits per heavy atom. The molecule has 4 aromatic rings. The Balaban J connectivity index is 1.47. The first-order chi connectivity index (χ1) is 16.0. The summed E-state index contributed by atoms with van der Waals surface area (Å²) in [5, 5.41) is 0.548. The minimum atomic E-state index is -0.334. The fraction of sp³-hybridized carbons (Fsp3) is 0.200. The van der Waals surface area contributed by atoms with Crippen LogP contribution in [0.2, 0.25) is 0 Å². The van der Waals surface area contributed by atoms with Gasteiger partial charge in [0.15, 0.2) is 0 Å². The summed E-state index contributed by atoms with van der Waals surface area (Å²) < 4.78 is 6.99. The topological polar surface area (TPSA) is 81.5 Å². The molecular weight excluding hydrogens is 438 g/mol. The Morgan fingerprint density at radius 2 is 1.61 bits per heavy atom. The van der Waals surface area contributed by atoms with E-state index >= 15 is 0 Å². The van der Waals surface area contributed by atoms with E-state index in [2.05, 4.69) is 4.98 Å². The second-order valence-corrected chi connectivity index (χ2v) is 8.92. The first-order valence-electron chi connectivity index (χ1n) is 10.7. The third kappa shape index (κ3) is 3.52. The first kappa shape index (κ1) is 21.1. The molecular formula is C25H21N3O4S. The van der Waals surface area contributed by atoms with Crippen LogP contribution in [-0.4, -0.2) is 39.4 Å². The Labute approximate surface area is 193 Å². The van der Waals surface area contributed by atoms with Crippen molar-refractivity contribution in [2.24, 2.45) is 0 Å². The number of amides is 2. The van der Waals surface area contributed by atoms with Crippen LogP contribution in [0, 0.1) is 6.92 Å². The van der Waals surface area contributed by atoms with Gasteiger partial charge in [-0.1, -0.05) is 24.3 Å². The van der Waals surface area contributed by atoms with E-state index in [1.54, 1.807) is 24.3 Å². The largest absolute Gasteiger partial charge is 0.494 e. The molecule has 1 aliphatic rings. The number of hydrogen-bond donors (Lipinski definition) is 0. The fourth-order valence-electron chi connectivity index (χ4n) is 4.18. The van der Waals surface area contributed by atoms with Crippen molar-refractivity contribution in [3.63, 3.8) is 0 Å². The van der Waals surface area contributed by atoms with Gasteiger partial charge in [-0.05, 0) is 43.7 Å². The predicted octanol–water partition coefficient (Wildman–Crippen LogP) is 4.13. The third-order valence-electron chi connectivity index (χ3n) is 5.75. The third-order valence-corrected chi connectivity index (χ3v) is 6.76. The summed E-state index contributed by atoms with van der Waals surface area (Å²) in [5.74, 6) is 0.105. The molecule has 0 N–H and O–H groups in total. The van der Waals surface area contributed by atoms with Gasteiger partial charge < -0.3 is 4.74 Å². The highest BCUT2D eigenvalue weighted by molar-refractivity contribution is 7.19. The van der Waals surface area contributed by atoms with Gasteiger partial charge in [0.05, 0.1) is 29.4 Å². The Bertz CT molecular complexity index is 1420. The van der Waals surface area contributed by atoms with Gasteiger partial charge in [0.1, 0.15) is 10.6 Å². The molecule has 2 amide bonds. The molecule has 0 radical (unpaired) electrons. The van der Waals surface area contributed by atoms with Crippen LogP contribution < -0.4 is 10.3 Å². The van der Waals surface area contributed by atoms with Gasteiger partial charge >= 0.3 is 0 Å². The van der Waals surface area contributed by atoms with Crippen molar-refractivity contribution in [2.75, 3.05) is 13.2 Å². The van der Waals surface area contributed by atoms with Gasteiger partial charge in [-0.15, -0.1) is 11.3 Å². The van der Waals surface area contributed by atoms with E-state index in [1.807, 2.05) is 38.1 Å². The molecule has 0 saturated heterocycles. The van der Waals surface area contributed by atoms with Crippen molar-refractivity contribution >= 4 is 33.4 Å². The molecule has 2 aromatic heterocycles. The highest BCUT2D eigenvalue weighted by Crippen LogP contribution is 2.36. The van der Waals surface area contributed by atoms with Crippen molar-refractivity contribution in [1.82, 2.24) is 14.5 Å². The zero-order valence-electron chi connectivity index (χ0n) is 18.2. The number of carbonyl (C=O) groups excluding carboxylic acids is 2. The first-order valence-corrected chi connectivity index (χ1v) is 11.5. The van der Waals surface area contributed by atoms with E-state index < -0.39 is 0 Å². The Kier molecular flexibility index (Phi) is 5.30. The van der Waals surface area contributed by atoms with Crippen LogP contribution in [-0.2, 0) is 6.54 Å². The van der Waals surface area contributed by atoms with Crippen molar-refractivity contribution < 1.29 is 14.3 Å². The van der Waals surface area contributed by atoms with Gasteiger partial charge in [-0.2, -0.15) is 0 Å². The van der Waals surface area contributed by atoms with E-state index in [1.165, 1.54) is 27.1 Å². The summed E-state index contributed by atoms with van der Waals surface area (Å²) in [5.41, 5.74) is 2.37. The maximum absolute atomic E-state index is 13.4. The predicted molar refractivity (Wildman–Crippen MR) is 127 cm³/mol. The number of aromatic nitrogens is 2. The summed E-state index contributed by atoms with van der Waals surface area (Å²) in [6.45, 7) is 4.76. The molecule has 0 bridgehead atoms. The molecule has 0 saturated carbocycles. The number of imide groups is 1. The van der Waals surface area contributed by atoms with Crippen LogP contribution in [0.25, 0.3) is 21.3 Å². The number of nitrogens with zero attached hydrogens (tertiary/aromatic N) is 3. The zero-order valence-corrected chi connectivity index (χ0v) is 19.0. The molecule has 166 valence electrons. The van der Waals surface area contributed by atoms with Crippen LogP contribution in [0.4, 0.5) is 0 Å². The fourth-order valence-corrected chi connectivity index (χ4v) is 5.18. The molecule has 2 aromatic carbocycles. The second-order valence-electron chi connectivity index (χ2n) is 7.72. The van der Waals surface area contributed by atoms with Crippen molar-refractivity contribution in [2.45, 2.75) is 20.4 Å². The van der Waals surface area contributed by atoms with Crippen molar-refractivity contribution in [1.29, 1.82) is 0 Å². The van der Waals surface area contributed by atoms with E-state index in [0.29, 0.717) is 28.0 Å². The molecule has 1 aliphatic heterocycles. The number of thiophene rings is 1. The average Bonchev–Trinajstić information content (AvgIpc) is 3.29. The maximum atomic E-state index is 13.4. The van der Waals surface area contributed by atoms with Crippen molar-refractivity contribution in [3.05, 3.63) is 81.2 Å². The summed E-state index contributed by atoms with van der Waals surface area (Å²) >= 11 is 1.47. The standard InChI is InChI=1S/C25H21N3O4S/c1-3-32-17-10-8-16(9-11-17)20-15(2)33-22-21(20)25(31)27(14-26-22)12-13-28-23(29)18-6-4-5-7-19(18)24(28)30/h4-11,14H,3,12-13H2,1-2H3. The summed E-state index contributed by atoms with van der Waals surface area (Å²) in [6, 6.07) is 14.4. The van der Waals surface area contributed by atoms with E-state index in [4.69, 9.17) is 4.74 Å². The smallest absolute Gasteiger partial charge is 0.262 e. The number of hydrogen-bond acceptors (Lipinski definition) is 6. The lowest BCUT2D eigenvalue weighted by atomic mass is 10.0. The lowest BCUT2D eigenvalue weighted by Crippen LogP contribution is -2.35. The minimum absolute atomic E-state index is 0.0982. The highest BCUT2D eigenvalue weighted by Gasteiger charge is 2.34. The molecule has 5 rings (SSSR count). The van der Waals surface area contributed by atoms with Gasteiger partial charge in [-0.3, -0.25) is 23.9 Å². The second kappa shape index (κ2) is 8.29. The molecule has 0 unspecified atom stereocenters. The molecule has 7 nitrogen and oxygen atoms in total. The molecule has 0 atom stereocenters. The SMILES string of the molecule is CCOc1ccc(-c2c(C)sc3ncn(CCN4C(=O)c5ccccc5C4=O)c(=O)c23)cc1. The van der Waals surface area contributed by atoms with Gasteiger partial charge in [-0.25, -0.2) is 4.98 Å². The summed E-state index contributed by atoms with van der Waals surface area (Å²) in [6.07, 6.45) is 1.49.